The van der Waals surface area contributed by atoms with Gasteiger partial charge in [-0.15, -0.1) is 0 Å². The molecule has 3 aromatic rings. The fraction of sp³-hybridized carbons (Fsp3) is 0.0625. The van der Waals surface area contributed by atoms with Crippen LogP contribution in [0.4, 0.5) is 0 Å². The molecule has 0 bridgehead atoms. The monoisotopic (exact) mass is 316 g/mol. The Morgan fingerprint density at radius 3 is 2.48 bits per heavy atom. The molecule has 3 rings (SSSR count). The Balaban J connectivity index is 1.89. The summed E-state index contributed by atoms with van der Waals surface area (Å²) in [6.45, 7) is 0. The van der Waals surface area contributed by atoms with E-state index in [1.807, 2.05) is 0 Å². The van der Waals surface area contributed by atoms with Crippen molar-refractivity contribution in [3.63, 3.8) is 0 Å². The maximum Gasteiger partial charge on any atom is 0.167 e. The second-order valence-corrected chi connectivity index (χ2v) is 5.44. The molecule has 0 amide bonds. The quantitative estimate of drug-likeness (QED) is 0.674. The first-order valence-electron chi connectivity index (χ1n) is 6.31. The van der Waals surface area contributed by atoms with E-state index in [2.05, 4.69) is 9.97 Å². The highest BCUT2D eigenvalue weighted by Gasteiger charge is 2.11. The molecule has 0 atom stereocenters. The van der Waals surface area contributed by atoms with Gasteiger partial charge in [0.2, 0.25) is 0 Å². The van der Waals surface area contributed by atoms with Crippen LogP contribution in [-0.2, 0) is 6.42 Å². The maximum atomic E-state index is 12.4. The molecular formula is C16H10Cl2N2O. The van der Waals surface area contributed by atoms with E-state index < -0.39 is 0 Å². The number of carbonyl (C=O) groups is 1. The molecule has 0 saturated heterocycles. The number of hydrogen-bond acceptors (Lipinski definition) is 3. The number of carbonyl (C=O) groups excluding carboxylic acids is 1. The lowest BCUT2D eigenvalue weighted by Gasteiger charge is -2.05. The molecule has 0 aliphatic rings. The third-order valence-electron chi connectivity index (χ3n) is 3.16. The van der Waals surface area contributed by atoms with Gasteiger partial charge >= 0.3 is 0 Å². The number of hydrogen-bond donors (Lipinski definition) is 0. The van der Waals surface area contributed by atoms with Crippen LogP contribution < -0.4 is 0 Å². The number of aromatic nitrogens is 2. The van der Waals surface area contributed by atoms with E-state index in [-0.39, 0.29) is 12.2 Å². The van der Waals surface area contributed by atoms with Gasteiger partial charge in [-0.25, -0.2) is 0 Å². The zero-order chi connectivity index (χ0) is 14.8. The van der Waals surface area contributed by atoms with Crippen LogP contribution in [0.2, 0.25) is 10.0 Å². The van der Waals surface area contributed by atoms with Crippen LogP contribution in [0.3, 0.4) is 0 Å². The Bertz CT molecular complexity index is 833. The Labute approximate surface area is 131 Å². The van der Waals surface area contributed by atoms with Crippen molar-refractivity contribution in [2.24, 2.45) is 0 Å². The minimum Gasteiger partial charge on any atom is -0.294 e. The van der Waals surface area contributed by atoms with Gasteiger partial charge in [0.05, 0.1) is 11.0 Å². The Morgan fingerprint density at radius 1 is 0.952 bits per heavy atom. The van der Waals surface area contributed by atoms with Gasteiger partial charge in [-0.3, -0.25) is 14.8 Å². The molecule has 3 nitrogen and oxygen atoms in total. The standard InChI is InChI=1S/C16H10Cl2N2O/c17-12-3-1-10(13(18)9-12)8-16(21)11-2-4-14-15(7-11)20-6-5-19-14/h1-7,9H,8H2. The minimum absolute atomic E-state index is 0.0215. The van der Waals surface area contributed by atoms with E-state index in [4.69, 9.17) is 23.2 Å². The van der Waals surface area contributed by atoms with Gasteiger partial charge in [0.1, 0.15) is 0 Å². The molecule has 0 fully saturated rings. The molecule has 1 heterocycles. The lowest BCUT2D eigenvalue weighted by molar-refractivity contribution is 0.0993. The van der Waals surface area contributed by atoms with Gasteiger partial charge in [0.15, 0.2) is 5.78 Å². The average Bonchev–Trinajstić information content (AvgIpc) is 2.49. The Hall–Kier alpha value is -1.97. The van der Waals surface area contributed by atoms with Gasteiger partial charge in [0, 0.05) is 34.4 Å². The van der Waals surface area contributed by atoms with Crippen molar-refractivity contribution in [3.05, 3.63) is 70.0 Å². The molecule has 0 spiro atoms. The summed E-state index contributed by atoms with van der Waals surface area (Å²) in [6.07, 6.45) is 3.45. The summed E-state index contributed by atoms with van der Waals surface area (Å²) in [7, 11) is 0. The van der Waals surface area contributed by atoms with Crippen LogP contribution >= 0.6 is 23.2 Å². The van der Waals surface area contributed by atoms with Crippen LogP contribution in [-0.4, -0.2) is 15.8 Å². The molecule has 1 aromatic heterocycles. The zero-order valence-corrected chi connectivity index (χ0v) is 12.4. The van der Waals surface area contributed by atoms with Gasteiger partial charge in [-0.05, 0) is 35.9 Å². The number of fused-ring (bicyclic) bond motifs is 1. The maximum absolute atomic E-state index is 12.4. The molecule has 2 aromatic carbocycles. The third-order valence-corrected chi connectivity index (χ3v) is 3.74. The number of halogens is 2. The summed E-state index contributed by atoms with van der Waals surface area (Å²) in [6, 6.07) is 10.4. The summed E-state index contributed by atoms with van der Waals surface area (Å²) in [5, 5.41) is 1.05. The highest BCUT2D eigenvalue weighted by molar-refractivity contribution is 6.35. The minimum atomic E-state index is -0.0215. The second-order valence-electron chi connectivity index (χ2n) is 4.60. The summed E-state index contributed by atoms with van der Waals surface area (Å²) in [5.74, 6) is -0.0215. The number of Topliss-reactive ketones (excluding diaryl/α,β-unsaturated/α-hetero) is 1. The fourth-order valence-electron chi connectivity index (χ4n) is 2.08. The van der Waals surface area contributed by atoms with E-state index in [0.29, 0.717) is 21.1 Å². The molecule has 0 unspecified atom stereocenters. The normalized spacial score (nSPS) is 10.8. The SMILES string of the molecule is O=C(Cc1ccc(Cl)cc1Cl)c1ccc2nccnc2c1. The van der Waals surface area contributed by atoms with Gasteiger partial charge in [0.25, 0.3) is 0 Å². The van der Waals surface area contributed by atoms with Crippen LogP contribution in [0.5, 0.6) is 0 Å². The van der Waals surface area contributed by atoms with E-state index in [9.17, 15) is 4.79 Å². The highest BCUT2D eigenvalue weighted by Crippen LogP contribution is 2.23. The van der Waals surface area contributed by atoms with Gasteiger partial charge < -0.3 is 0 Å². The van der Waals surface area contributed by atoms with E-state index in [0.717, 1.165) is 11.1 Å². The predicted molar refractivity (Wildman–Crippen MR) is 84.0 cm³/mol. The van der Waals surface area contributed by atoms with Crippen molar-refractivity contribution in [2.45, 2.75) is 6.42 Å². The molecule has 0 radical (unpaired) electrons. The summed E-state index contributed by atoms with van der Waals surface area (Å²) in [4.78, 5) is 20.7. The Kier molecular flexibility index (Phi) is 3.86. The first-order valence-corrected chi connectivity index (χ1v) is 7.07. The molecule has 0 aliphatic heterocycles. The molecule has 104 valence electrons. The van der Waals surface area contributed by atoms with Crippen molar-refractivity contribution in [2.75, 3.05) is 0 Å². The highest BCUT2D eigenvalue weighted by atomic mass is 35.5. The number of benzene rings is 2. The molecule has 21 heavy (non-hydrogen) atoms. The first-order chi connectivity index (χ1) is 10.1. The zero-order valence-electron chi connectivity index (χ0n) is 10.9. The Morgan fingerprint density at radius 2 is 1.71 bits per heavy atom. The van der Waals surface area contributed by atoms with E-state index in [1.165, 1.54) is 0 Å². The van der Waals surface area contributed by atoms with Crippen LogP contribution in [0, 0.1) is 0 Å². The van der Waals surface area contributed by atoms with Crippen LogP contribution in [0.15, 0.2) is 48.8 Å². The summed E-state index contributed by atoms with van der Waals surface area (Å²) < 4.78 is 0. The largest absolute Gasteiger partial charge is 0.294 e. The number of ketones is 1. The van der Waals surface area contributed by atoms with E-state index in [1.54, 1.807) is 48.8 Å². The van der Waals surface area contributed by atoms with Crippen molar-refractivity contribution < 1.29 is 4.79 Å². The number of rotatable bonds is 3. The molecule has 0 aliphatic carbocycles. The van der Waals surface area contributed by atoms with Crippen molar-refractivity contribution in [1.82, 2.24) is 9.97 Å². The van der Waals surface area contributed by atoms with Crippen molar-refractivity contribution in [1.29, 1.82) is 0 Å². The second kappa shape index (κ2) is 5.80. The molecular weight excluding hydrogens is 307 g/mol. The fourth-order valence-corrected chi connectivity index (χ4v) is 2.55. The van der Waals surface area contributed by atoms with Crippen LogP contribution in [0.1, 0.15) is 15.9 Å². The smallest absolute Gasteiger partial charge is 0.167 e. The van der Waals surface area contributed by atoms with Crippen molar-refractivity contribution in [3.8, 4) is 0 Å². The van der Waals surface area contributed by atoms with Gasteiger partial charge in [-0.2, -0.15) is 0 Å². The van der Waals surface area contributed by atoms with Crippen molar-refractivity contribution >= 4 is 40.0 Å². The third kappa shape index (κ3) is 3.04. The topological polar surface area (TPSA) is 42.9 Å². The predicted octanol–water partition coefficient (Wildman–Crippen LogP) is 4.36. The summed E-state index contributed by atoms with van der Waals surface area (Å²) >= 11 is 11.9. The molecule has 0 saturated carbocycles. The summed E-state index contributed by atoms with van der Waals surface area (Å²) in [5.41, 5.74) is 2.81. The average molecular weight is 317 g/mol. The van der Waals surface area contributed by atoms with E-state index >= 15 is 0 Å². The lowest BCUT2D eigenvalue weighted by Crippen LogP contribution is -2.04. The molecule has 0 N–H and O–H groups in total. The molecule has 5 heteroatoms. The number of nitrogens with zero attached hydrogens (tertiary/aromatic N) is 2. The van der Waals surface area contributed by atoms with Crippen LogP contribution in [0.25, 0.3) is 11.0 Å². The first kappa shape index (κ1) is 14.0. The van der Waals surface area contributed by atoms with Gasteiger partial charge in [-0.1, -0.05) is 29.3 Å². The lowest BCUT2D eigenvalue weighted by atomic mass is 10.0.